The number of rotatable bonds is 6. The molecule has 2 aromatic carbocycles. The second-order valence-corrected chi connectivity index (χ2v) is 7.63. The van der Waals surface area contributed by atoms with E-state index in [1.54, 1.807) is 6.33 Å². The number of aromatic nitrogens is 3. The molecule has 2 heterocycles. The molecule has 0 bridgehead atoms. The van der Waals surface area contributed by atoms with Crippen LogP contribution in [0.2, 0.25) is 0 Å². The molecule has 0 saturated carbocycles. The summed E-state index contributed by atoms with van der Waals surface area (Å²) in [6.07, 6.45) is 1.78. The van der Waals surface area contributed by atoms with E-state index in [9.17, 15) is 4.79 Å². The maximum absolute atomic E-state index is 12.4. The van der Waals surface area contributed by atoms with Gasteiger partial charge >= 0.3 is 0 Å². The third-order valence-electron chi connectivity index (χ3n) is 5.10. The molecule has 0 aliphatic rings. The molecule has 1 amide bonds. The highest BCUT2D eigenvalue weighted by molar-refractivity contribution is 5.97. The minimum atomic E-state index is -0.0892. The summed E-state index contributed by atoms with van der Waals surface area (Å²) in [4.78, 5) is 19.0. The Morgan fingerprint density at radius 2 is 2.00 bits per heavy atom. The van der Waals surface area contributed by atoms with Crippen LogP contribution in [0.25, 0.3) is 27.8 Å². The fourth-order valence-corrected chi connectivity index (χ4v) is 3.56. The molecule has 7 nitrogen and oxygen atoms in total. The Labute approximate surface area is 175 Å². The maximum Gasteiger partial charge on any atom is 0.251 e. The van der Waals surface area contributed by atoms with Crippen LogP contribution in [0.15, 0.2) is 53.3 Å². The van der Waals surface area contributed by atoms with Gasteiger partial charge in [0.1, 0.15) is 12.1 Å². The number of carbonyl (C=O) groups is 1. The highest BCUT2D eigenvalue weighted by atomic mass is 16.5. The Hall–Kier alpha value is -3.45. The van der Waals surface area contributed by atoms with Crippen LogP contribution in [0, 0.1) is 13.8 Å². The fourth-order valence-electron chi connectivity index (χ4n) is 3.56. The first-order chi connectivity index (χ1) is 14.4. The maximum atomic E-state index is 12.4. The minimum Gasteiger partial charge on any atom is -0.361 e. The van der Waals surface area contributed by atoms with Gasteiger partial charge in [0.2, 0.25) is 0 Å². The van der Waals surface area contributed by atoms with Gasteiger partial charge in [-0.1, -0.05) is 17.3 Å². The van der Waals surface area contributed by atoms with E-state index in [1.807, 2.05) is 73.8 Å². The zero-order valence-corrected chi connectivity index (χ0v) is 17.6. The number of nitrogens with zero attached hydrogens (tertiary/aromatic N) is 4. The van der Waals surface area contributed by atoms with Crippen LogP contribution < -0.4 is 5.32 Å². The summed E-state index contributed by atoms with van der Waals surface area (Å²) in [5.74, 6) is 0.707. The Morgan fingerprint density at radius 3 is 2.73 bits per heavy atom. The number of hydrogen-bond acceptors (Lipinski definition) is 5. The Morgan fingerprint density at radius 1 is 1.17 bits per heavy atom. The van der Waals surface area contributed by atoms with Crippen molar-refractivity contribution >= 4 is 16.9 Å². The van der Waals surface area contributed by atoms with Gasteiger partial charge in [-0.2, -0.15) is 0 Å². The van der Waals surface area contributed by atoms with E-state index in [0.29, 0.717) is 12.1 Å². The Kier molecular flexibility index (Phi) is 5.37. The van der Waals surface area contributed by atoms with Crippen molar-refractivity contribution in [2.45, 2.75) is 13.8 Å². The van der Waals surface area contributed by atoms with E-state index in [4.69, 9.17) is 4.52 Å². The van der Waals surface area contributed by atoms with E-state index < -0.39 is 0 Å². The predicted molar refractivity (Wildman–Crippen MR) is 117 cm³/mol. The van der Waals surface area contributed by atoms with Crippen molar-refractivity contribution in [3.63, 3.8) is 0 Å². The highest BCUT2D eigenvalue weighted by Crippen LogP contribution is 2.29. The van der Waals surface area contributed by atoms with Gasteiger partial charge in [0, 0.05) is 29.9 Å². The van der Waals surface area contributed by atoms with Crippen LogP contribution in [-0.4, -0.2) is 52.7 Å². The first-order valence-corrected chi connectivity index (χ1v) is 9.88. The normalized spacial score (nSPS) is 11.4. The first-order valence-electron chi connectivity index (χ1n) is 9.88. The second-order valence-electron chi connectivity index (χ2n) is 7.63. The summed E-state index contributed by atoms with van der Waals surface area (Å²) >= 11 is 0. The molecule has 0 radical (unpaired) electrons. The van der Waals surface area contributed by atoms with Gasteiger partial charge < -0.3 is 14.7 Å². The molecule has 0 atom stereocenters. The summed E-state index contributed by atoms with van der Waals surface area (Å²) in [6, 6.07) is 13.8. The van der Waals surface area contributed by atoms with E-state index >= 15 is 0 Å². The van der Waals surface area contributed by atoms with Crippen molar-refractivity contribution in [1.29, 1.82) is 0 Å². The van der Waals surface area contributed by atoms with Gasteiger partial charge in [0.15, 0.2) is 0 Å². The number of likely N-dealkylation sites (N-methyl/N-ethyl adjacent to an activating group) is 1. The summed E-state index contributed by atoms with van der Waals surface area (Å²) in [5, 5.41) is 6.99. The van der Waals surface area contributed by atoms with Gasteiger partial charge in [0.25, 0.3) is 5.91 Å². The molecule has 0 unspecified atom stereocenters. The third kappa shape index (κ3) is 3.84. The van der Waals surface area contributed by atoms with Crippen LogP contribution in [0.3, 0.4) is 0 Å². The molecule has 4 aromatic rings. The molecule has 0 saturated heterocycles. The molecule has 0 spiro atoms. The fraction of sp³-hybridized carbons (Fsp3) is 0.261. The molecule has 7 heteroatoms. The average Bonchev–Trinajstić information content (AvgIpc) is 3.30. The van der Waals surface area contributed by atoms with Gasteiger partial charge in [-0.05, 0) is 63.8 Å². The van der Waals surface area contributed by atoms with Crippen LogP contribution in [0.5, 0.6) is 0 Å². The lowest BCUT2D eigenvalue weighted by Gasteiger charge is -2.10. The molecule has 0 aliphatic heterocycles. The molecule has 154 valence electrons. The van der Waals surface area contributed by atoms with Crippen LogP contribution in [0.4, 0.5) is 0 Å². The number of carbonyl (C=O) groups excluding carboxylic acids is 1. The molecule has 4 rings (SSSR count). The number of imidazole rings is 1. The topological polar surface area (TPSA) is 76.2 Å². The largest absolute Gasteiger partial charge is 0.361 e. The van der Waals surface area contributed by atoms with Crippen molar-refractivity contribution in [2.24, 2.45) is 0 Å². The van der Waals surface area contributed by atoms with E-state index in [2.05, 4.69) is 21.5 Å². The number of benzene rings is 2. The summed E-state index contributed by atoms with van der Waals surface area (Å²) < 4.78 is 7.34. The molecule has 1 N–H and O–H groups in total. The lowest BCUT2D eigenvalue weighted by Crippen LogP contribution is -2.31. The van der Waals surface area contributed by atoms with Crippen molar-refractivity contribution in [3.8, 4) is 16.8 Å². The molecule has 0 fully saturated rings. The van der Waals surface area contributed by atoms with Crippen molar-refractivity contribution in [2.75, 3.05) is 27.2 Å². The van der Waals surface area contributed by atoms with Gasteiger partial charge in [0.05, 0.1) is 16.7 Å². The minimum absolute atomic E-state index is 0.0892. The SMILES string of the molecule is Cc1noc(C)c1-c1cccc(-n2cnc3cc(C(=O)NCCN(C)C)ccc32)c1. The van der Waals surface area contributed by atoms with E-state index in [-0.39, 0.29) is 5.91 Å². The number of fused-ring (bicyclic) bond motifs is 1. The lowest BCUT2D eigenvalue weighted by atomic mass is 10.0. The van der Waals surface area contributed by atoms with E-state index in [1.165, 1.54) is 0 Å². The van der Waals surface area contributed by atoms with Crippen LogP contribution in [0.1, 0.15) is 21.8 Å². The van der Waals surface area contributed by atoms with Crippen LogP contribution in [-0.2, 0) is 0 Å². The molecular formula is C23H25N5O2. The summed E-state index contributed by atoms with van der Waals surface area (Å²) in [5.41, 5.74) is 6.23. The van der Waals surface area contributed by atoms with Gasteiger partial charge in [-0.15, -0.1) is 0 Å². The third-order valence-corrected chi connectivity index (χ3v) is 5.10. The number of hydrogen-bond donors (Lipinski definition) is 1. The molecule has 30 heavy (non-hydrogen) atoms. The highest BCUT2D eigenvalue weighted by Gasteiger charge is 2.14. The zero-order valence-electron chi connectivity index (χ0n) is 17.6. The number of amides is 1. The van der Waals surface area contributed by atoms with Crippen molar-refractivity contribution in [3.05, 3.63) is 65.8 Å². The lowest BCUT2D eigenvalue weighted by molar-refractivity contribution is 0.0951. The molecular weight excluding hydrogens is 378 g/mol. The summed E-state index contributed by atoms with van der Waals surface area (Å²) in [6.45, 7) is 5.26. The average molecular weight is 403 g/mol. The predicted octanol–water partition coefficient (Wildman–Crippen LogP) is 3.59. The molecule has 0 aliphatic carbocycles. The monoisotopic (exact) mass is 403 g/mol. The van der Waals surface area contributed by atoms with Crippen molar-refractivity contribution in [1.82, 2.24) is 24.9 Å². The van der Waals surface area contributed by atoms with Crippen LogP contribution >= 0.6 is 0 Å². The second kappa shape index (κ2) is 8.12. The quantitative estimate of drug-likeness (QED) is 0.532. The summed E-state index contributed by atoms with van der Waals surface area (Å²) in [7, 11) is 3.96. The number of aryl methyl sites for hydroxylation is 2. The van der Waals surface area contributed by atoms with Gasteiger partial charge in [-0.3, -0.25) is 9.36 Å². The van der Waals surface area contributed by atoms with E-state index in [0.717, 1.165) is 45.8 Å². The number of nitrogens with one attached hydrogen (secondary N) is 1. The zero-order chi connectivity index (χ0) is 21.3. The van der Waals surface area contributed by atoms with Gasteiger partial charge in [-0.25, -0.2) is 4.98 Å². The Balaban J connectivity index is 1.63. The smallest absolute Gasteiger partial charge is 0.251 e. The first kappa shape index (κ1) is 19.8. The standard InChI is InChI=1S/C23H25N5O2/c1-15-22(16(2)30-26-15)17-6-5-7-19(12-17)28-14-25-20-13-18(8-9-21(20)28)23(29)24-10-11-27(3)4/h5-9,12-14H,10-11H2,1-4H3,(H,24,29). The van der Waals surface area contributed by atoms with Crippen molar-refractivity contribution < 1.29 is 9.32 Å². The Bertz CT molecular complexity index is 1190. The molecule has 2 aromatic heterocycles.